The fourth-order valence-electron chi connectivity index (χ4n) is 1.96. The van der Waals surface area contributed by atoms with E-state index in [1.54, 1.807) is 0 Å². The highest BCUT2D eigenvalue weighted by Gasteiger charge is 2.34. The molecule has 1 aliphatic carbocycles. The molecular formula is C11H17NO. The molecule has 1 rings (SSSR count). The highest BCUT2D eigenvalue weighted by molar-refractivity contribution is 5.05. The molecule has 0 bridgehead atoms. The molecule has 0 amide bonds. The molecule has 0 saturated heterocycles. The van der Waals surface area contributed by atoms with Crippen LogP contribution in [0.3, 0.4) is 0 Å². The molecule has 0 heterocycles. The van der Waals surface area contributed by atoms with Crippen LogP contribution in [0.15, 0.2) is 12.2 Å². The lowest BCUT2D eigenvalue weighted by atomic mass is 9.72. The monoisotopic (exact) mass is 179 g/mol. The molecule has 0 aromatic heterocycles. The Kier molecular flexibility index (Phi) is 3.11. The molecular weight excluding hydrogens is 162 g/mol. The number of nitriles is 1. The van der Waals surface area contributed by atoms with E-state index in [-0.39, 0.29) is 17.9 Å². The number of allylic oxidation sites excluding steroid dienone is 1. The molecule has 2 heteroatoms. The first-order chi connectivity index (χ1) is 6.06. The number of aliphatic hydroxyl groups is 1. The Labute approximate surface area is 79.9 Å². The van der Waals surface area contributed by atoms with Crippen LogP contribution in [-0.4, -0.2) is 11.2 Å². The maximum atomic E-state index is 9.71. The lowest BCUT2D eigenvalue weighted by Gasteiger charge is -2.34. The number of aliphatic hydroxyl groups excluding tert-OH is 1. The van der Waals surface area contributed by atoms with Gasteiger partial charge >= 0.3 is 0 Å². The summed E-state index contributed by atoms with van der Waals surface area (Å²) < 4.78 is 0. The number of hydrogen-bond acceptors (Lipinski definition) is 2. The Hall–Kier alpha value is -0.810. The maximum Gasteiger partial charge on any atom is 0.0659 e. The number of rotatable bonds is 1. The van der Waals surface area contributed by atoms with Crippen molar-refractivity contribution in [3.8, 4) is 6.07 Å². The van der Waals surface area contributed by atoms with E-state index in [1.807, 2.05) is 13.8 Å². The summed E-state index contributed by atoms with van der Waals surface area (Å²) in [5, 5.41) is 18.6. The second kappa shape index (κ2) is 3.93. The van der Waals surface area contributed by atoms with Gasteiger partial charge in [0.05, 0.1) is 18.1 Å². The molecule has 1 fully saturated rings. The van der Waals surface area contributed by atoms with Crippen molar-refractivity contribution in [3.63, 3.8) is 0 Å². The SMILES string of the molecule is C=C(C)[C@H]1C[C@@H](O)[C@H](C)[C@H](C#N)C1. The Morgan fingerprint density at radius 2 is 2.15 bits per heavy atom. The predicted molar refractivity (Wildman–Crippen MR) is 51.8 cm³/mol. The first-order valence-electron chi connectivity index (χ1n) is 4.79. The minimum absolute atomic E-state index is 0.00884. The van der Waals surface area contributed by atoms with Gasteiger partial charge in [-0.15, -0.1) is 0 Å². The molecule has 0 unspecified atom stereocenters. The molecule has 13 heavy (non-hydrogen) atoms. The lowest BCUT2D eigenvalue weighted by molar-refractivity contribution is 0.0404. The Balaban J connectivity index is 2.70. The van der Waals surface area contributed by atoms with E-state index in [0.717, 1.165) is 18.4 Å². The second-order valence-electron chi connectivity index (χ2n) is 4.18. The maximum absolute atomic E-state index is 9.71. The molecule has 0 aromatic rings. The van der Waals surface area contributed by atoms with E-state index in [0.29, 0.717) is 5.92 Å². The summed E-state index contributed by atoms with van der Waals surface area (Å²) in [6, 6.07) is 2.27. The van der Waals surface area contributed by atoms with E-state index < -0.39 is 0 Å². The average molecular weight is 179 g/mol. The van der Waals surface area contributed by atoms with Crippen LogP contribution in [0.2, 0.25) is 0 Å². The second-order valence-corrected chi connectivity index (χ2v) is 4.18. The van der Waals surface area contributed by atoms with Crippen molar-refractivity contribution >= 4 is 0 Å². The van der Waals surface area contributed by atoms with Gasteiger partial charge in [0.2, 0.25) is 0 Å². The van der Waals surface area contributed by atoms with Crippen LogP contribution in [-0.2, 0) is 0 Å². The first kappa shape index (κ1) is 10.3. The standard InChI is InChI=1S/C11H17NO/c1-7(2)9-4-10(6-12)8(3)11(13)5-9/h8-11,13H,1,4-5H2,2-3H3/t8-,9-,10+,11-/m1/s1. The lowest BCUT2D eigenvalue weighted by Crippen LogP contribution is -2.34. The molecule has 1 aliphatic rings. The number of hydrogen-bond donors (Lipinski definition) is 1. The van der Waals surface area contributed by atoms with Gasteiger partial charge in [-0.1, -0.05) is 19.1 Å². The summed E-state index contributed by atoms with van der Waals surface area (Å²) in [7, 11) is 0. The molecule has 0 radical (unpaired) electrons. The van der Waals surface area contributed by atoms with Crippen molar-refractivity contribution in [1.29, 1.82) is 5.26 Å². The molecule has 2 nitrogen and oxygen atoms in total. The predicted octanol–water partition coefficient (Wildman–Crippen LogP) is 2.11. The van der Waals surface area contributed by atoms with Crippen molar-refractivity contribution in [2.75, 3.05) is 0 Å². The van der Waals surface area contributed by atoms with Crippen molar-refractivity contribution < 1.29 is 5.11 Å². The molecule has 1 saturated carbocycles. The van der Waals surface area contributed by atoms with E-state index in [4.69, 9.17) is 5.26 Å². The number of nitrogens with zero attached hydrogens (tertiary/aromatic N) is 1. The van der Waals surface area contributed by atoms with Gasteiger partial charge in [0, 0.05) is 0 Å². The first-order valence-corrected chi connectivity index (χ1v) is 4.79. The van der Waals surface area contributed by atoms with Crippen LogP contribution in [0.25, 0.3) is 0 Å². The highest BCUT2D eigenvalue weighted by Crippen LogP contribution is 2.36. The topological polar surface area (TPSA) is 44.0 Å². The third kappa shape index (κ3) is 2.10. The van der Waals surface area contributed by atoms with Crippen LogP contribution in [0.5, 0.6) is 0 Å². The zero-order valence-electron chi connectivity index (χ0n) is 8.33. The van der Waals surface area contributed by atoms with Gasteiger partial charge in [-0.3, -0.25) is 0 Å². The van der Waals surface area contributed by atoms with Gasteiger partial charge < -0.3 is 5.11 Å². The smallest absolute Gasteiger partial charge is 0.0659 e. The summed E-state index contributed by atoms with van der Waals surface area (Å²) in [6.45, 7) is 7.81. The largest absolute Gasteiger partial charge is 0.393 e. The Morgan fingerprint density at radius 1 is 1.54 bits per heavy atom. The molecule has 0 aliphatic heterocycles. The Bertz CT molecular complexity index is 241. The van der Waals surface area contributed by atoms with Crippen LogP contribution in [0.1, 0.15) is 26.7 Å². The molecule has 72 valence electrons. The Morgan fingerprint density at radius 3 is 2.62 bits per heavy atom. The summed E-state index contributed by atoms with van der Waals surface area (Å²) in [4.78, 5) is 0. The minimum Gasteiger partial charge on any atom is -0.393 e. The van der Waals surface area contributed by atoms with E-state index in [1.165, 1.54) is 0 Å². The van der Waals surface area contributed by atoms with Gasteiger partial charge in [-0.05, 0) is 31.6 Å². The van der Waals surface area contributed by atoms with Gasteiger partial charge in [0.15, 0.2) is 0 Å². The third-order valence-corrected chi connectivity index (χ3v) is 3.17. The van der Waals surface area contributed by atoms with E-state index >= 15 is 0 Å². The quantitative estimate of drug-likeness (QED) is 0.626. The van der Waals surface area contributed by atoms with Gasteiger partial charge in [0.1, 0.15) is 0 Å². The van der Waals surface area contributed by atoms with Gasteiger partial charge in [0.25, 0.3) is 0 Å². The fraction of sp³-hybridized carbons (Fsp3) is 0.727. The normalized spacial score (nSPS) is 39.5. The summed E-state index contributed by atoms with van der Waals surface area (Å²) >= 11 is 0. The third-order valence-electron chi connectivity index (χ3n) is 3.17. The van der Waals surface area contributed by atoms with E-state index in [9.17, 15) is 5.11 Å². The van der Waals surface area contributed by atoms with Crippen LogP contribution in [0.4, 0.5) is 0 Å². The van der Waals surface area contributed by atoms with Crippen molar-refractivity contribution in [3.05, 3.63) is 12.2 Å². The van der Waals surface area contributed by atoms with Crippen LogP contribution >= 0.6 is 0 Å². The zero-order valence-corrected chi connectivity index (χ0v) is 8.33. The average Bonchev–Trinajstić information content (AvgIpc) is 2.09. The highest BCUT2D eigenvalue weighted by atomic mass is 16.3. The summed E-state index contributed by atoms with van der Waals surface area (Å²) in [6.07, 6.45) is 1.30. The van der Waals surface area contributed by atoms with Crippen molar-refractivity contribution in [1.82, 2.24) is 0 Å². The van der Waals surface area contributed by atoms with Gasteiger partial charge in [-0.2, -0.15) is 5.26 Å². The summed E-state index contributed by atoms with van der Waals surface area (Å²) in [5.41, 5.74) is 1.09. The minimum atomic E-state index is -0.333. The molecule has 0 spiro atoms. The molecule has 1 N–H and O–H groups in total. The van der Waals surface area contributed by atoms with Crippen LogP contribution < -0.4 is 0 Å². The van der Waals surface area contributed by atoms with E-state index in [2.05, 4.69) is 12.6 Å². The fourth-order valence-corrected chi connectivity index (χ4v) is 1.96. The molecule has 4 atom stereocenters. The van der Waals surface area contributed by atoms with Crippen molar-refractivity contribution in [2.45, 2.75) is 32.8 Å². The summed E-state index contributed by atoms with van der Waals surface area (Å²) in [5.74, 6) is 0.432. The van der Waals surface area contributed by atoms with Crippen LogP contribution in [0, 0.1) is 29.1 Å². The van der Waals surface area contributed by atoms with Crippen molar-refractivity contribution in [2.24, 2.45) is 17.8 Å². The molecule has 0 aromatic carbocycles. The van der Waals surface area contributed by atoms with Gasteiger partial charge in [-0.25, -0.2) is 0 Å². The zero-order chi connectivity index (χ0) is 10.0.